The molecule has 0 aliphatic rings. The van der Waals surface area contributed by atoms with Crippen LogP contribution in [0.25, 0.3) is 23.0 Å². The zero-order chi connectivity index (χ0) is 18.9. The van der Waals surface area contributed by atoms with E-state index in [9.17, 15) is 13.2 Å². The van der Waals surface area contributed by atoms with Crippen LogP contribution in [0.4, 0.5) is 13.2 Å². The summed E-state index contributed by atoms with van der Waals surface area (Å²) in [5.41, 5.74) is -0.391. The third kappa shape index (κ3) is 3.73. The molecule has 0 N–H and O–H groups in total. The Labute approximate surface area is 159 Å². The monoisotopic (exact) mass is 444 g/mol. The molecule has 0 saturated carbocycles. The van der Waals surface area contributed by atoms with E-state index in [1.165, 1.54) is 0 Å². The Morgan fingerprint density at radius 2 is 1.85 bits per heavy atom. The van der Waals surface area contributed by atoms with E-state index in [0.29, 0.717) is 11.5 Å². The molecule has 3 rings (SSSR count). The van der Waals surface area contributed by atoms with Gasteiger partial charge in [0.1, 0.15) is 23.4 Å². The van der Waals surface area contributed by atoms with E-state index in [1.54, 1.807) is 29.6 Å². The highest BCUT2D eigenvalue weighted by Gasteiger charge is 2.33. The topological polar surface area (TPSA) is 69.4 Å². The van der Waals surface area contributed by atoms with E-state index >= 15 is 0 Å². The van der Waals surface area contributed by atoms with E-state index < -0.39 is 11.9 Å². The van der Waals surface area contributed by atoms with Crippen molar-refractivity contribution < 1.29 is 13.2 Å². The van der Waals surface area contributed by atoms with Gasteiger partial charge in [0.05, 0.1) is 0 Å². The van der Waals surface area contributed by atoms with Crippen molar-refractivity contribution in [1.29, 1.82) is 0 Å². The second kappa shape index (κ2) is 7.31. The van der Waals surface area contributed by atoms with Gasteiger partial charge in [-0.05, 0) is 33.8 Å². The Bertz CT molecular complexity index is 943. The van der Waals surface area contributed by atoms with Gasteiger partial charge in [0, 0.05) is 22.6 Å². The number of halogens is 4. The van der Waals surface area contributed by atoms with Crippen molar-refractivity contribution in [3.8, 4) is 23.0 Å². The SMILES string of the molecule is CCSc1cc(Br)cnc1-c1nnc(-c2cc(C(F)(F)F)ncn2)n1C. The van der Waals surface area contributed by atoms with E-state index in [4.69, 9.17) is 0 Å². The number of rotatable bonds is 4. The lowest BCUT2D eigenvalue weighted by Crippen LogP contribution is -2.09. The molecular formula is C15H12BrF3N6S. The fourth-order valence-electron chi connectivity index (χ4n) is 2.25. The van der Waals surface area contributed by atoms with Gasteiger partial charge < -0.3 is 4.57 Å². The second-order valence-corrected chi connectivity index (χ2v) is 7.35. The third-order valence-electron chi connectivity index (χ3n) is 3.39. The van der Waals surface area contributed by atoms with Gasteiger partial charge in [-0.25, -0.2) is 9.97 Å². The minimum Gasteiger partial charge on any atom is -0.307 e. The van der Waals surface area contributed by atoms with Crippen LogP contribution in [0.5, 0.6) is 0 Å². The summed E-state index contributed by atoms with van der Waals surface area (Å²) in [6.45, 7) is 2.01. The summed E-state index contributed by atoms with van der Waals surface area (Å²) in [5, 5.41) is 8.11. The average Bonchev–Trinajstić information content (AvgIpc) is 2.96. The molecule has 0 radical (unpaired) electrons. The predicted octanol–water partition coefficient (Wildman–Crippen LogP) is 4.23. The molecule has 0 unspecified atom stereocenters. The molecule has 0 saturated heterocycles. The molecule has 0 aliphatic heterocycles. The highest BCUT2D eigenvalue weighted by molar-refractivity contribution is 9.10. The van der Waals surface area contributed by atoms with Gasteiger partial charge in [-0.1, -0.05) is 6.92 Å². The van der Waals surface area contributed by atoms with Crippen LogP contribution < -0.4 is 0 Å². The van der Waals surface area contributed by atoms with E-state index in [-0.39, 0.29) is 11.5 Å². The first kappa shape index (κ1) is 18.8. The first-order valence-electron chi connectivity index (χ1n) is 7.39. The van der Waals surface area contributed by atoms with Crippen molar-refractivity contribution in [3.05, 3.63) is 34.8 Å². The normalized spacial score (nSPS) is 11.8. The van der Waals surface area contributed by atoms with Crippen LogP contribution >= 0.6 is 27.7 Å². The molecule has 3 aromatic rings. The minimum atomic E-state index is -4.56. The summed E-state index contributed by atoms with van der Waals surface area (Å²) >= 11 is 4.97. The maximum atomic E-state index is 12.9. The molecule has 6 nitrogen and oxygen atoms in total. The summed E-state index contributed by atoms with van der Waals surface area (Å²) in [4.78, 5) is 12.4. The largest absolute Gasteiger partial charge is 0.433 e. The smallest absolute Gasteiger partial charge is 0.307 e. The summed E-state index contributed by atoms with van der Waals surface area (Å²) in [7, 11) is 1.66. The first-order valence-corrected chi connectivity index (χ1v) is 9.16. The summed E-state index contributed by atoms with van der Waals surface area (Å²) in [5.74, 6) is 1.47. The van der Waals surface area contributed by atoms with Gasteiger partial charge in [-0.2, -0.15) is 13.2 Å². The molecule has 26 heavy (non-hydrogen) atoms. The van der Waals surface area contributed by atoms with Crippen LogP contribution in [-0.2, 0) is 13.2 Å². The number of thioether (sulfide) groups is 1. The van der Waals surface area contributed by atoms with Crippen molar-refractivity contribution in [3.63, 3.8) is 0 Å². The average molecular weight is 445 g/mol. The summed E-state index contributed by atoms with van der Waals surface area (Å²) in [6, 6.07) is 2.77. The van der Waals surface area contributed by atoms with Gasteiger partial charge in [-0.15, -0.1) is 22.0 Å². The van der Waals surface area contributed by atoms with Gasteiger partial charge in [0.25, 0.3) is 0 Å². The molecule has 0 aliphatic carbocycles. The molecule has 11 heteroatoms. The van der Waals surface area contributed by atoms with E-state index in [0.717, 1.165) is 27.5 Å². The molecule has 3 heterocycles. The van der Waals surface area contributed by atoms with Gasteiger partial charge in [0.2, 0.25) is 0 Å². The molecule has 0 spiro atoms. The maximum Gasteiger partial charge on any atom is 0.433 e. The van der Waals surface area contributed by atoms with Crippen LogP contribution in [0.1, 0.15) is 12.6 Å². The van der Waals surface area contributed by atoms with Gasteiger partial charge >= 0.3 is 6.18 Å². The molecule has 0 amide bonds. The summed E-state index contributed by atoms with van der Waals surface area (Å²) < 4.78 is 41.0. The highest BCUT2D eigenvalue weighted by atomic mass is 79.9. The van der Waals surface area contributed by atoms with Crippen molar-refractivity contribution in [2.75, 3.05) is 5.75 Å². The lowest BCUT2D eigenvalue weighted by Gasteiger charge is -2.09. The lowest BCUT2D eigenvalue weighted by molar-refractivity contribution is -0.141. The lowest BCUT2D eigenvalue weighted by atomic mass is 10.3. The Balaban J connectivity index is 2.07. The Hall–Kier alpha value is -2.01. The van der Waals surface area contributed by atoms with Crippen molar-refractivity contribution in [2.24, 2.45) is 7.05 Å². The Morgan fingerprint density at radius 1 is 1.12 bits per heavy atom. The van der Waals surface area contributed by atoms with Crippen LogP contribution in [0, 0.1) is 0 Å². The number of aromatic nitrogens is 6. The predicted molar refractivity (Wildman–Crippen MR) is 94.4 cm³/mol. The van der Waals surface area contributed by atoms with Crippen LogP contribution in [0.3, 0.4) is 0 Å². The highest BCUT2D eigenvalue weighted by Crippen LogP contribution is 2.33. The standard InChI is InChI=1S/C15H12BrF3N6S/c1-3-26-10-4-8(16)6-20-12(10)14-24-23-13(25(14)2)9-5-11(15(17,18)19)22-7-21-9/h4-7H,3H2,1-2H3. The van der Waals surface area contributed by atoms with E-state index in [2.05, 4.69) is 41.1 Å². The van der Waals surface area contributed by atoms with Gasteiger partial charge in [0.15, 0.2) is 11.6 Å². The third-order valence-corrected chi connectivity index (χ3v) is 4.74. The zero-order valence-electron chi connectivity index (χ0n) is 13.6. The number of nitrogens with zero attached hydrogens (tertiary/aromatic N) is 6. The van der Waals surface area contributed by atoms with Crippen molar-refractivity contribution in [2.45, 2.75) is 18.0 Å². The van der Waals surface area contributed by atoms with Crippen molar-refractivity contribution >= 4 is 27.7 Å². The number of hydrogen-bond donors (Lipinski definition) is 0. The molecule has 3 aromatic heterocycles. The second-order valence-electron chi connectivity index (χ2n) is 5.13. The number of pyridine rings is 1. The Morgan fingerprint density at radius 3 is 2.54 bits per heavy atom. The first-order chi connectivity index (χ1) is 12.3. The number of alkyl halides is 3. The number of hydrogen-bond acceptors (Lipinski definition) is 6. The van der Waals surface area contributed by atoms with Gasteiger partial charge in [-0.3, -0.25) is 4.98 Å². The molecule has 136 valence electrons. The maximum absolute atomic E-state index is 12.9. The van der Waals surface area contributed by atoms with Crippen molar-refractivity contribution in [1.82, 2.24) is 29.7 Å². The molecule has 0 aromatic carbocycles. The fourth-order valence-corrected chi connectivity index (χ4v) is 3.53. The van der Waals surface area contributed by atoms with E-state index in [1.807, 2.05) is 13.0 Å². The van der Waals surface area contributed by atoms with Crippen LogP contribution in [0.15, 0.2) is 34.0 Å². The fraction of sp³-hybridized carbons (Fsp3) is 0.267. The zero-order valence-corrected chi connectivity index (χ0v) is 16.0. The molecule has 0 atom stereocenters. The summed E-state index contributed by atoms with van der Waals surface area (Å²) in [6.07, 6.45) is -2.06. The molecular weight excluding hydrogens is 433 g/mol. The van der Waals surface area contributed by atoms with Crippen LogP contribution in [0.2, 0.25) is 0 Å². The molecule has 0 fully saturated rings. The van der Waals surface area contributed by atoms with Crippen LogP contribution in [-0.4, -0.2) is 35.5 Å². The minimum absolute atomic E-state index is 0.0374. The quantitative estimate of drug-likeness (QED) is 0.560. The molecule has 0 bridgehead atoms. The Kier molecular flexibility index (Phi) is 5.28.